The fourth-order valence-electron chi connectivity index (χ4n) is 1.80. The van der Waals surface area contributed by atoms with Crippen LogP contribution in [0, 0.1) is 5.82 Å². The van der Waals surface area contributed by atoms with Gasteiger partial charge in [-0.25, -0.2) is 9.37 Å². The Kier molecular flexibility index (Phi) is 5.01. The van der Waals surface area contributed by atoms with Crippen LogP contribution >= 0.6 is 0 Å². The minimum absolute atomic E-state index is 0.245. The molecule has 0 saturated heterocycles. The first kappa shape index (κ1) is 14.4. The first-order valence-electron chi connectivity index (χ1n) is 6.71. The molecule has 0 unspecified atom stereocenters. The summed E-state index contributed by atoms with van der Waals surface area (Å²) in [5.41, 5.74) is 1.78. The largest absolute Gasteiger partial charge is 0.328 e. The molecule has 0 bridgehead atoms. The van der Waals surface area contributed by atoms with Gasteiger partial charge in [-0.2, -0.15) is 0 Å². The fourth-order valence-corrected chi connectivity index (χ4v) is 1.80. The maximum atomic E-state index is 12.9. The van der Waals surface area contributed by atoms with Crippen LogP contribution in [0.4, 0.5) is 15.9 Å². The lowest BCUT2D eigenvalue weighted by Crippen LogP contribution is -2.16. The molecule has 2 rings (SSSR count). The standard InChI is InChI=1S/C15H19FN4/c1-3-8-17-9-13-10-19-15(11-18-13)20(2)14-6-4-12(16)5-7-14/h4-7,10-11,17H,3,8-9H2,1-2H3. The highest BCUT2D eigenvalue weighted by atomic mass is 19.1. The van der Waals surface area contributed by atoms with Crippen LogP contribution in [-0.4, -0.2) is 23.6 Å². The minimum Gasteiger partial charge on any atom is -0.328 e. The summed E-state index contributed by atoms with van der Waals surface area (Å²) in [5, 5.41) is 3.28. The molecule has 0 saturated carbocycles. The molecule has 1 aromatic carbocycles. The predicted octanol–water partition coefficient (Wildman–Crippen LogP) is 2.88. The lowest BCUT2D eigenvalue weighted by Gasteiger charge is -2.18. The summed E-state index contributed by atoms with van der Waals surface area (Å²) in [6.45, 7) is 3.82. The summed E-state index contributed by atoms with van der Waals surface area (Å²) >= 11 is 0. The minimum atomic E-state index is -0.245. The van der Waals surface area contributed by atoms with Crippen molar-refractivity contribution in [3.8, 4) is 0 Å². The number of halogens is 1. The molecular formula is C15H19FN4. The molecule has 106 valence electrons. The zero-order valence-electron chi connectivity index (χ0n) is 11.8. The van der Waals surface area contributed by atoms with Gasteiger partial charge in [-0.3, -0.25) is 4.98 Å². The van der Waals surface area contributed by atoms with Crippen LogP contribution < -0.4 is 10.2 Å². The number of hydrogen-bond acceptors (Lipinski definition) is 4. The molecule has 0 fully saturated rings. The van der Waals surface area contributed by atoms with E-state index in [0.717, 1.165) is 36.7 Å². The average Bonchev–Trinajstić information content (AvgIpc) is 2.48. The van der Waals surface area contributed by atoms with Gasteiger partial charge in [0, 0.05) is 19.3 Å². The van der Waals surface area contributed by atoms with Crippen molar-refractivity contribution < 1.29 is 4.39 Å². The molecule has 0 aliphatic heterocycles. The smallest absolute Gasteiger partial charge is 0.151 e. The fraction of sp³-hybridized carbons (Fsp3) is 0.333. The van der Waals surface area contributed by atoms with Crippen molar-refractivity contribution in [3.63, 3.8) is 0 Å². The Morgan fingerprint density at radius 2 is 1.90 bits per heavy atom. The highest BCUT2D eigenvalue weighted by Crippen LogP contribution is 2.20. The number of benzene rings is 1. The quantitative estimate of drug-likeness (QED) is 0.822. The molecule has 1 heterocycles. The van der Waals surface area contributed by atoms with Gasteiger partial charge in [0.1, 0.15) is 5.82 Å². The summed E-state index contributed by atoms with van der Waals surface area (Å²) in [7, 11) is 1.88. The summed E-state index contributed by atoms with van der Waals surface area (Å²) in [4.78, 5) is 10.6. The molecule has 0 radical (unpaired) electrons. The highest BCUT2D eigenvalue weighted by Gasteiger charge is 2.06. The molecule has 1 N–H and O–H groups in total. The van der Waals surface area contributed by atoms with Crippen LogP contribution in [-0.2, 0) is 6.54 Å². The maximum Gasteiger partial charge on any atom is 0.151 e. The lowest BCUT2D eigenvalue weighted by atomic mass is 10.3. The van der Waals surface area contributed by atoms with Gasteiger partial charge in [0.2, 0.25) is 0 Å². The average molecular weight is 274 g/mol. The summed E-state index contributed by atoms with van der Waals surface area (Å²) < 4.78 is 12.9. The Bertz CT molecular complexity index is 525. The van der Waals surface area contributed by atoms with E-state index < -0.39 is 0 Å². The van der Waals surface area contributed by atoms with Gasteiger partial charge in [-0.05, 0) is 37.2 Å². The topological polar surface area (TPSA) is 41.1 Å². The number of hydrogen-bond donors (Lipinski definition) is 1. The van der Waals surface area contributed by atoms with E-state index in [1.54, 1.807) is 24.5 Å². The third kappa shape index (κ3) is 3.74. The van der Waals surface area contributed by atoms with E-state index in [1.165, 1.54) is 12.1 Å². The molecule has 5 heteroatoms. The number of anilines is 2. The number of rotatable bonds is 6. The monoisotopic (exact) mass is 274 g/mol. The van der Waals surface area contributed by atoms with Gasteiger partial charge in [0.05, 0.1) is 18.1 Å². The van der Waals surface area contributed by atoms with Crippen LogP contribution in [0.15, 0.2) is 36.7 Å². The van der Waals surface area contributed by atoms with Gasteiger partial charge >= 0.3 is 0 Å². The van der Waals surface area contributed by atoms with E-state index in [9.17, 15) is 4.39 Å². The van der Waals surface area contributed by atoms with Crippen molar-refractivity contribution in [2.75, 3.05) is 18.5 Å². The molecular weight excluding hydrogens is 255 g/mol. The van der Waals surface area contributed by atoms with E-state index in [2.05, 4.69) is 22.2 Å². The van der Waals surface area contributed by atoms with E-state index in [4.69, 9.17) is 0 Å². The molecule has 4 nitrogen and oxygen atoms in total. The van der Waals surface area contributed by atoms with Crippen molar-refractivity contribution in [1.29, 1.82) is 0 Å². The zero-order chi connectivity index (χ0) is 14.4. The van der Waals surface area contributed by atoms with Crippen LogP contribution in [0.5, 0.6) is 0 Å². The summed E-state index contributed by atoms with van der Waals surface area (Å²) in [5.74, 6) is 0.487. The van der Waals surface area contributed by atoms with Crippen LogP contribution in [0.2, 0.25) is 0 Å². The van der Waals surface area contributed by atoms with Crippen molar-refractivity contribution in [3.05, 3.63) is 48.2 Å². The Balaban J connectivity index is 2.03. The van der Waals surface area contributed by atoms with E-state index in [0.29, 0.717) is 0 Å². The van der Waals surface area contributed by atoms with E-state index >= 15 is 0 Å². The maximum absolute atomic E-state index is 12.9. The first-order valence-corrected chi connectivity index (χ1v) is 6.71. The van der Waals surface area contributed by atoms with Crippen molar-refractivity contribution >= 4 is 11.5 Å². The molecule has 2 aromatic rings. The van der Waals surface area contributed by atoms with Gasteiger partial charge in [0.15, 0.2) is 5.82 Å². The second-order valence-corrected chi connectivity index (χ2v) is 4.58. The summed E-state index contributed by atoms with van der Waals surface area (Å²) in [6, 6.07) is 6.30. The first-order chi connectivity index (χ1) is 9.70. The molecule has 0 aliphatic rings. The molecule has 1 aromatic heterocycles. The molecule has 0 aliphatic carbocycles. The van der Waals surface area contributed by atoms with E-state index in [1.807, 2.05) is 11.9 Å². The van der Waals surface area contributed by atoms with Crippen molar-refractivity contribution in [2.45, 2.75) is 19.9 Å². The Hall–Kier alpha value is -2.01. The van der Waals surface area contributed by atoms with Gasteiger partial charge in [-0.1, -0.05) is 6.92 Å². The van der Waals surface area contributed by atoms with Crippen LogP contribution in [0.25, 0.3) is 0 Å². The van der Waals surface area contributed by atoms with Gasteiger partial charge in [0.25, 0.3) is 0 Å². The molecule has 0 amide bonds. The van der Waals surface area contributed by atoms with Gasteiger partial charge < -0.3 is 10.2 Å². The summed E-state index contributed by atoms with van der Waals surface area (Å²) in [6.07, 6.45) is 4.59. The number of nitrogens with zero attached hydrogens (tertiary/aromatic N) is 3. The Morgan fingerprint density at radius 1 is 1.15 bits per heavy atom. The second kappa shape index (κ2) is 6.96. The van der Waals surface area contributed by atoms with Crippen LogP contribution in [0.1, 0.15) is 19.0 Å². The second-order valence-electron chi connectivity index (χ2n) is 4.58. The molecule has 0 spiro atoms. The number of nitrogens with one attached hydrogen (secondary N) is 1. The Labute approximate surface area is 118 Å². The SMILES string of the molecule is CCCNCc1cnc(N(C)c2ccc(F)cc2)cn1. The third-order valence-electron chi connectivity index (χ3n) is 2.98. The highest BCUT2D eigenvalue weighted by molar-refractivity contribution is 5.57. The Morgan fingerprint density at radius 3 is 2.50 bits per heavy atom. The molecule has 20 heavy (non-hydrogen) atoms. The van der Waals surface area contributed by atoms with Crippen LogP contribution in [0.3, 0.4) is 0 Å². The lowest BCUT2D eigenvalue weighted by molar-refractivity contribution is 0.628. The van der Waals surface area contributed by atoms with Crippen molar-refractivity contribution in [1.82, 2.24) is 15.3 Å². The third-order valence-corrected chi connectivity index (χ3v) is 2.98. The van der Waals surface area contributed by atoms with Gasteiger partial charge in [-0.15, -0.1) is 0 Å². The number of aromatic nitrogens is 2. The normalized spacial score (nSPS) is 10.6. The molecule has 0 atom stereocenters. The predicted molar refractivity (Wildman–Crippen MR) is 78.5 cm³/mol. The van der Waals surface area contributed by atoms with E-state index in [-0.39, 0.29) is 5.82 Å². The van der Waals surface area contributed by atoms with Crippen molar-refractivity contribution in [2.24, 2.45) is 0 Å². The zero-order valence-corrected chi connectivity index (χ0v) is 11.8.